The van der Waals surface area contributed by atoms with E-state index >= 15 is 0 Å². The molecular weight excluding hydrogens is 278 g/mol. The molecule has 1 aliphatic rings. The zero-order valence-electron chi connectivity index (χ0n) is 12.7. The minimum Gasteiger partial charge on any atom is -0.384 e. The summed E-state index contributed by atoms with van der Waals surface area (Å²) in [6.45, 7) is 1.91. The fraction of sp³-hybridized carbons (Fsp3) is 0.412. The number of rotatable bonds is 4. The van der Waals surface area contributed by atoms with E-state index in [4.69, 9.17) is 0 Å². The summed E-state index contributed by atoms with van der Waals surface area (Å²) in [7, 11) is 0. The number of carbonyl (C=O) groups excluding carboxylic acids is 1. The van der Waals surface area contributed by atoms with E-state index < -0.39 is 5.60 Å². The molecule has 1 aromatic heterocycles. The Kier molecular flexibility index (Phi) is 3.98. The Balaban J connectivity index is 1.66. The molecule has 1 heterocycles. The van der Waals surface area contributed by atoms with Crippen LogP contribution in [0.4, 0.5) is 0 Å². The lowest BCUT2D eigenvalue weighted by Crippen LogP contribution is -2.41. The monoisotopic (exact) mass is 299 g/mol. The van der Waals surface area contributed by atoms with Crippen LogP contribution in [0.3, 0.4) is 0 Å². The van der Waals surface area contributed by atoms with E-state index in [9.17, 15) is 9.90 Å². The van der Waals surface area contributed by atoms with E-state index in [1.807, 2.05) is 30.3 Å². The van der Waals surface area contributed by atoms with Crippen molar-refractivity contribution in [1.82, 2.24) is 15.5 Å². The molecule has 5 nitrogen and oxygen atoms in total. The van der Waals surface area contributed by atoms with Crippen molar-refractivity contribution in [1.29, 1.82) is 0 Å². The number of aromatic amines is 1. The van der Waals surface area contributed by atoms with Gasteiger partial charge in [0, 0.05) is 11.3 Å². The third kappa shape index (κ3) is 2.90. The van der Waals surface area contributed by atoms with Gasteiger partial charge in [-0.05, 0) is 31.7 Å². The van der Waals surface area contributed by atoms with E-state index in [1.165, 1.54) is 0 Å². The molecule has 5 heteroatoms. The first-order valence-corrected chi connectivity index (χ1v) is 7.66. The standard InChI is InChI=1S/C17H21N3O2/c1-17(22,12-6-3-2-4-7-12)11-18-16(21)13-8-5-9-15-14(13)10-19-20-15/h2-4,6-7,10,13,22H,5,8-9,11H2,1H3,(H,18,21)(H,19,20). The van der Waals surface area contributed by atoms with Crippen LogP contribution >= 0.6 is 0 Å². The van der Waals surface area contributed by atoms with Gasteiger partial charge in [0.2, 0.25) is 5.91 Å². The molecule has 3 N–H and O–H groups in total. The number of aryl methyl sites for hydroxylation is 1. The molecule has 0 saturated carbocycles. The number of nitrogens with zero attached hydrogens (tertiary/aromatic N) is 1. The summed E-state index contributed by atoms with van der Waals surface area (Å²) in [5.74, 6) is -0.215. The molecule has 0 spiro atoms. The van der Waals surface area contributed by atoms with Crippen LogP contribution < -0.4 is 5.32 Å². The van der Waals surface area contributed by atoms with Crippen LogP contribution in [0.5, 0.6) is 0 Å². The van der Waals surface area contributed by atoms with Gasteiger partial charge in [-0.25, -0.2) is 0 Å². The Morgan fingerprint density at radius 3 is 3.00 bits per heavy atom. The Labute approximate surface area is 129 Å². The molecule has 3 rings (SSSR count). The van der Waals surface area contributed by atoms with Crippen LogP contribution in [0.25, 0.3) is 0 Å². The van der Waals surface area contributed by atoms with E-state index in [0.29, 0.717) is 0 Å². The Morgan fingerprint density at radius 1 is 1.45 bits per heavy atom. The van der Waals surface area contributed by atoms with Gasteiger partial charge in [-0.2, -0.15) is 5.10 Å². The maximum Gasteiger partial charge on any atom is 0.227 e. The lowest BCUT2D eigenvalue weighted by Gasteiger charge is -2.27. The van der Waals surface area contributed by atoms with Gasteiger partial charge in [0.15, 0.2) is 0 Å². The van der Waals surface area contributed by atoms with Crippen molar-refractivity contribution >= 4 is 5.91 Å². The Hall–Kier alpha value is -2.14. The first kappa shape index (κ1) is 14.8. The number of benzene rings is 1. The largest absolute Gasteiger partial charge is 0.384 e. The smallest absolute Gasteiger partial charge is 0.227 e. The molecule has 2 unspecified atom stereocenters. The summed E-state index contributed by atoms with van der Waals surface area (Å²) in [4.78, 5) is 12.5. The summed E-state index contributed by atoms with van der Waals surface area (Å²) >= 11 is 0. The minimum atomic E-state index is -1.08. The fourth-order valence-corrected chi connectivity index (χ4v) is 3.02. The number of carbonyl (C=O) groups is 1. The molecule has 0 fully saturated rings. The maximum absolute atomic E-state index is 12.5. The molecule has 0 bridgehead atoms. The molecule has 1 aromatic carbocycles. The van der Waals surface area contributed by atoms with Crippen molar-refractivity contribution in [2.75, 3.05) is 6.54 Å². The van der Waals surface area contributed by atoms with Crippen LogP contribution in [0.2, 0.25) is 0 Å². The maximum atomic E-state index is 12.5. The second-order valence-electron chi connectivity index (χ2n) is 6.11. The number of fused-ring (bicyclic) bond motifs is 1. The number of hydrogen-bond donors (Lipinski definition) is 3. The highest BCUT2D eigenvalue weighted by molar-refractivity contribution is 5.84. The quantitative estimate of drug-likeness (QED) is 0.806. The zero-order chi connectivity index (χ0) is 15.6. The fourth-order valence-electron chi connectivity index (χ4n) is 3.02. The lowest BCUT2D eigenvalue weighted by atomic mass is 9.86. The van der Waals surface area contributed by atoms with Gasteiger partial charge >= 0.3 is 0 Å². The van der Waals surface area contributed by atoms with Crippen molar-refractivity contribution in [3.63, 3.8) is 0 Å². The van der Waals surface area contributed by atoms with Crippen molar-refractivity contribution in [2.45, 2.75) is 37.7 Å². The van der Waals surface area contributed by atoms with E-state index in [0.717, 1.165) is 36.1 Å². The zero-order valence-corrected chi connectivity index (χ0v) is 12.7. The first-order chi connectivity index (χ1) is 10.6. The molecule has 1 aliphatic carbocycles. The first-order valence-electron chi connectivity index (χ1n) is 7.66. The lowest BCUT2D eigenvalue weighted by molar-refractivity contribution is -0.124. The van der Waals surface area contributed by atoms with Crippen LogP contribution in [0.15, 0.2) is 36.5 Å². The predicted octanol–water partition coefficient (Wildman–Crippen LogP) is 1.85. The molecular formula is C17H21N3O2. The van der Waals surface area contributed by atoms with Crippen molar-refractivity contribution in [3.8, 4) is 0 Å². The average Bonchev–Trinajstić information content (AvgIpc) is 3.02. The predicted molar refractivity (Wildman–Crippen MR) is 83.3 cm³/mol. The highest BCUT2D eigenvalue weighted by Gasteiger charge is 2.30. The third-order valence-electron chi connectivity index (χ3n) is 4.37. The van der Waals surface area contributed by atoms with E-state index in [2.05, 4.69) is 15.5 Å². The average molecular weight is 299 g/mol. The van der Waals surface area contributed by atoms with E-state index in [1.54, 1.807) is 13.1 Å². The summed E-state index contributed by atoms with van der Waals surface area (Å²) in [5, 5.41) is 20.4. The van der Waals surface area contributed by atoms with Gasteiger partial charge < -0.3 is 10.4 Å². The Bertz CT molecular complexity index is 649. The van der Waals surface area contributed by atoms with Crippen molar-refractivity contribution in [3.05, 3.63) is 53.3 Å². The molecule has 2 atom stereocenters. The van der Waals surface area contributed by atoms with Crippen LogP contribution in [0.1, 0.15) is 42.5 Å². The highest BCUT2D eigenvalue weighted by Crippen LogP contribution is 2.30. The van der Waals surface area contributed by atoms with Gasteiger partial charge in [-0.3, -0.25) is 9.89 Å². The van der Waals surface area contributed by atoms with Crippen LogP contribution in [-0.4, -0.2) is 27.8 Å². The molecule has 116 valence electrons. The third-order valence-corrected chi connectivity index (χ3v) is 4.37. The summed E-state index contributed by atoms with van der Waals surface area (Å²) in [5.41, 5.74) is 1.76. The normalized spacial score (nSPS) is 20.0. The van der Waals surface area contributed by atoms with Crippen molar-refractivity contribution in [2.24, 2.45) is 0 Å². The summed E-state index contributed by atoms with van der Waals surface area (Å²) in [6.07, 6.45) is 4.49. The van der Waals surface area contributed by atoms with Gasteiger partial charge in [-0.1, -0.05) is 30.3 Å². The second kappa shape index (κ2) is 5.93. The van der Waals surface area contributed by atoms with Gasteiger partial charge in [0.1, 0.15) is 5.60 Å². The van der Waals surface area contributed by atoms with Crippen LogP contribution in [0, 0.1) is 0 Å². The number of H-pyrrole nitrogens is 1. The summed E-state index contributed by atoms with van der Waals surface area (Å²) in [6, 6.07) is 9.39. The van der Waals surface area contributed by atoms with Gasteiger partial charge in [0.25, 0.3) is 0 Å². The van der Waals surface area contributed by atoms with Crippen LogP contribution in [-0.2, 0) is 16.8 Å². The van der Waals surface area contributed by atoms with Gasteiger partial charge in [0.05, 0.1) is 18.7 Å². The number of hydrogen-bond acceptors (Lipinski definition) is 3. The topological polar surface area (TPSA) is 78.0 Å². The van der Waals surface area contributed by atoms with E-state index in [-0.39, 0.29) is 18.4 Å². The number of aliphatic hydroxyl groups is 1. The molecule has 1 amide bonds. The number of amides is 1. The second-order valence-corrected chi connectivity index (χ2v) is 6.11. The number of nitrogens with one attached hydrogen (secondary N) is 2. The molecule has 0 saturated heterocycles. The summed E-state index contributed by atoms with van der Waals surface area (Å²) < 4.78 is 0. The number of aromatic nitrogens is 2. The Morgan fingerprint density at radius 2 is 2.23 bits per heavy atom. The molecule has 0 radical (unpaired) electrons. The van der Waals surface area contributed by atoms with Crippen molar-refractivity contribution < 1.29 is 9.90 Å². The molecule has 22 heavy (non-hydrogen) atoms. The highest BCUT2D eigenvalue weighted by atomic mass is 16.3. The van der Waals surface area contributed by atoms with Gasteiger partial charge in [-0.15, -0.1) is 0 Å². The SMILES string of the molecule is CC(O)(CNC(=O)C1CCCc2[nH]ncc21)c1ccccc1. The minimum absolute atomic E-state index is 0.0430. The molecule has 0 aliphatic heterocycles. The molecule has 2 aromatic rings.